The van der Waals surface area contributed by atoms with E-state index in [1.165, 1.54) is 0 Å². The molecule has 0 bridgehead atoms. The molecule has 0 unspecified atom stereocenters. The monoisotopic (exact) mass is 700 g/mol. The lowest BCUT2D eigenvalue weighted by Crippen LogP contribution is -2.57. The zero-order chi connectivity index (χ0) is 33.2. The van der Waals surface area contributed by atoms with Crippen LogP contribution in [0.2, 0.25) is 0 Å². The van der Waals surface area contributed by atoms with Crippen molar-refractivity contribution in [3.63, 3.8) is 0 Å². The molecule has 4 atom stereocenters. The number of nitrogens with one attached hydrogen (secondary N) is 2. The molecule has 3 aliphatic heterocycles. The molecule has 3 aromatic rings. The average molecular weight is 702 g/mol. The normalized spacial score (nSPS) is 24.7. The second-order valence-corrected chi connectivity index (χ2v) is 14.8. The van der Waals surface area contributed by atoms with E-state index in [1.54, 1.807) is 0 Å². The largest absolute Gasteiger partial charge is 0.392 e. The highest BCUT2D eigenvalue weighted by molar-refractivity contribution is 6.76. The first-order valence-corrected chi connectivity index (χ1v) is 17.0. The predicted octanol–water partition coefficient (Wildman–Crippen LogP) is 5.39. The van der Waals surface area contributed by atoms with Gasteiger partial charge < -0.3 is 35.0 Å². The molecular formula is C35H39Cl3N4O5. The summed E-state index contributed by atoms with van der Waals surface area (Å²) in [4.78, 5) is 29.8. The predicted molar refractivity (Wildman–Crippen MR) is 182 cm³/mol. The third kappa shape index (κ3) is 7.42. The first-order chi connectivity index (χ1) is 22.6. The van der Waals surface area contributed by atoms with Gasteiger partial charge in [0.15, 0.2) is 6.29 Å². The minimum atomic E-state index is -2.03. The number of likely N-dealkylation sites (tertiary alicyclic amines) is 1. The van der Waals surface area contributed by atoms with Gasteiger partial charge in [0.25, 0.3) is 9.70 Å². The first-order valence-electron chi connectivity index (χ1n) is 15.9. The van der Waals surface area contributed by atoms with Crippen LogP contribution in [0.5, 0.6) is 0 Å². The maximum Gasteiger partial charge on any atom is 0.272 e. The van der Waals surface area contributed by atoms with Crippen LogP contribution in [0.15, 0.2) is 78.9 Å². The minimum Gasteiger partial charge on any atom is -0.392 e. The van der Waals surface area contributed by atoms with Gasteiger partial charge in [0.1, 0.15) is 5.54 Å². The fourth-order valence-corrected chi connectivity index (χ4v) is 7.00. The molecular weight excluding hydrogens is 663 g/mol. The van der Waals surface area contributed by atoms with Crippen LogP contribution >= 0.6 is 34.8 Å². The molecule has 2 amide bonds. The average Bonchev–Trinajstić information content (AvgIpc) is 3.40. The fourth-order valence-electron chi connectivity index (χ4n) is 6.80. The van der Waals surface area contributed by atoms with Crippen molar-refractivity contribution in [3.8, 4) is 0 Å². The summed E-state index contributed by atoms with van der Waals surface area (Å²) in [5.74, 6) is -0.574. The number of halogens is 3. The molecule has 9 nitrogen and oxygen atoms in total. The van der Waals surface area contributed by atoms with Gasteiger partial charge in [-0.2, -0.15) is 0 Å². The third-order valence-corrected chi connectivity index (χ3v) is 10.1. The summed E-state index contributed by atoms with van der Waals surface area (Å²) in [6, 6.07) is 25.6. The number of nitrogens with zero attached hydrogens (tertiary/aromatic N) is 2. The number of aliphatic hydroxyl groups is 1. The number of rotatable bonds is 8. The molecule has 0 saturated carbocycles. The maximum absolute atomic E-state index is 13.2. The Morgan fingerprint density at radius 3 is 2.23 bits per heavy atom. The van der Waals surface area contributed by atoms with Crippen molar-refractivity contribution in [2.24, 2.45) is 5.92 Å². The Bertz CT molecular complexity index is 1530. The van der Waals surface area contributed by atoms with Crippen molar-refractivity contribution in [2.45, 2.75) is 60.7 Å². The van der Waals surface area contributed by atoms with E-state index in [0.29, 0.717) is 13.2 Å². The van der Waals surface area contributed by atoms with E-state index in [0.717, 1.165) is 53.9 Å². The van der Waals surface area contributed by atoms with Crippen molar-refractivity contribution >= 4 is 52.3 Å². The standard InChI is InChI=1S/C35H39Cl3N4O5/c1-23-29(20-41-17-15-34(16-18-41)32(44)40-22-42(34)28-5-3-2-4-6-28)46-31(47-30(23)26-11-9-25(21-43)10-12-26)27-13-7-24(8-14-27)19-39-33(45)35(36,37)38/h2-14,23,29-31,43H,15-22H2,1H3,(H,39,45)(H,40,44)/t23-,29+,30+,31+/m0/s1. The number of aliphatic hydroxyl groups excluding tert-OH is 1. The summed E-state index contributed by atoms with van der Waals surface area (Å²) in [7, 11) is 0. The zero-order valence-electron chi connectivity index (χ0n) is 26.1. The highest BCUT2D eigenvalue weighted by Gasteiger charge is 2.51. The lowest BCUT2D eigenvalue weighted by molar-refractivity contribution is -0.276. The molecule has 3 aromatic carbocycles. The van der Waals surface area contributed by atoms with E-state index in [2.05, 4.69) is 39.5 Å². The number of anilines is 1. The third-order valence-electron chi connectivity index (χ3n) is 9.61. The molecule has 3 saturated heterocycles. The Kier molecular flexibility index (Phi) is 10.3. The minimum absolute atomic E-state index is 0.0223. The molecule has 47 heavy (non-hydrogen) atoms. The Labute approximate surface area is 290 Å². The van der Waals surface area contributed by atoms with E-state index in [4.69, 9.17) is 44.3 Å². The molecule has 3 N–H and O–H groups in total. The summed E-state index contributed by atoms with van der Waals surface area (Å²) < 4.78 is 11.3. The second-order valence-electron chi connectivity index (χ2n) is 12.5. The number of hydrogen-bond acceptors (Lipinski definition) is 7. The van der Waals surface area contributed by atoms with E-state index in [-0.39, 0.29) is 37.2 Å². The Morgan fingerprint density at radius 1 is 0.957 bits per heavy atom. The summed E-state index contributed by atoms with van der Waals surface area (Å²) in [6.45, 7) is 5.05. The zero-order valence-corrected chi connectivity index (χ0v) is 28.3. The molecule has 12 heteroatoms. The van der Waals surface area contributed by atoms with E-state index >= 15 is 0 Å². The fraction of sp³-hybridized carbons (Fsp3) is 0.429. The molecule has 0 aromatic heterocycles. The number of carbonyl (C=O) groups excluding carboxylic acids is 2. The highest BCUT2D eigenvalue weighted by atomic mass is 35.6. The van der Waals surface area contributed by atoms with Crippen molar-refractivity contribution in [1.82, 2.24) is 15.5 Å². The first kappa shape index (κ1) is 34.0. The molecule has 250 valence electrons. The van der Waals surface area contributed by atoms with Gasteiger partial charge in [0.05, 0.1) is 25.5 Å². The quantitative estimate of drug-likeness (QED) is 0.271. The van der Waals surface area contributed by atoms with Gasteiger partial charge in [0.2, 0.25) is 5.91 Å². The summed E-state index contributed by atoms with van der Waals surface area (Å²) in [5, 5.41) is 15.3. The second kappa shape index (κ2) is 14.3. The van der Waals surface area contributed by atoms with Crippen LogP contribution in [0.4, 0.5) is 5.69 Å². The van der Waals surface area contributed by atoms with Gasteiger partial charge in [-0.05, 0) is 41.7 Å². The Morgan fingerprint density at radius 2 is 1.60 bits per heavy atom. The van der Waals surface area contributed by atoms with Crippen molar-refractivity contribution in [3.05, 3.63) is 101 Å². The van der Waals surface area contributed by atoms with E-state index in [1.807, 2.05) is 66.7 Å². The van der Waals surface area contributed by atoms with Crippen molar-refractivity contribution < 1.29 is 24.2 Å². The molecule has 3 fully saturated rings. The smallest absolute Gasteiger partial charge is 0.272 e. The van der Waals surface area contributed by atoms with Crippen LogP contribution in [0.25, 0.3) is 0 Å². The number of amides is 2. The van der Waals surface area contributed by atoms with Gasteiger partial charge in [-0.1, -0.05) is 108 Å². The lowest BCUT2D eigenvalue weighted by atomic mass is 9.84. The Balaban J connectivity index is 1.17. The number of carbonyl (C=O) groups is 2. The van der Waals surface area contributed by atoms with E-state index < -0.39 is 21.5 Å². The summed E-state index contributed by atoms with van der Waals surface area (Å²) in [5.41, 5.74) is 4.02. The van der Waals surface area contributed by atoms with Crippen LogP contribution in [-0.2, 0) is 32.2 Å². The molecule has 6 rings (SSSR count). The molecule has 0 aliphatic carbocycles. The number of ether oxygens (including phenoxy) is 2. The van der Waals surface area contributed by atoms with Crippen molar-refractivity contribution in [2.75, 3.05) is 31.2 Å². The van der Waals surface area contributed by atoms with Crippen LogP contribution in [0.3, 0.4) is 0 Å². The maximum atomic E-state index is 13.2. The SMILES string of the molecule is C[C@H]1[C@@H](CN2CCC3(CC2)C(=O)NCN3c2ccccc2)O[C@@H](c2ccc(CNC(=O)C(Cl)(Cl)Cl)cc2)O[C@H]1c1ccc(CO)cc1. The summed E-state index contributed by atoms with van der Waals surface area (Å²) in [6.07, 6.45) is 0.402. The molecule has 3 aliphatic rings. The lowest BCUT2D eigenvalue weighted by Gasteiger charge is -2.46. The van der Waals surface area contributed by atoms with Crippen LogP contribution in [-0.4, -0.2) is 63.6 Å². The summed E-state index contributed by atoms with van der Waals surface area (Å²) >= 11 is 17.0. The van der Waals surface area contributed by atoms with Gasteiger partial charge in [-0.25, -0.2) is 0 Å². The van der Waals surface area contributed by atoms with Crippen molar-refractivity contribution in [1.29, 1.82) is 0 Å². The number of para-hydroxylation sites is 1. The van der Waals surface area contributed by atoms with Gasteiger partial charge >= 0.3 is 0 Å². The highest BCUT2D eigenvalue weighted by Crippen LogP contribution is 2.43. The van der Waals surface area contributed by atoms with Crippen LogP contribution < -0.4 is 15.5 Å². The number of benzene rings is 3. The van der Waals surface area contributed by atoms with Gasteiger partial charge in [-0.3, -0.25) is 9.59 Å². The topological polar surface area (TPSA) is 103 Å². The Hall–Kier alpha value is -2.89. The molecule has 3 heterocycles. The van der Waals surface area contributed by atoms with Gasteiger partial charge in [0, 0.05) is 43.3 Å². The van der Waals surface area contributed by atoms with Crippen LogP contribution in [0, 0.1) is 5.92 Å². The number of piperidine rings is 1. The number of hydrogen-bond donors (Lipinski definition) is 3. The molecule has 0 radical (unpaired) electrons. The number of alkyl halides is 3. The van der Waals surface area contributed by atoms with E-state index in [9.17, 15) is 14.7 Å². The van der Waals surface area contributed by atoms with Crippen LogP contribution in [0.1, 0.15) is 54.4 Å². The van der Waals surface area contributed by atoms with Gasteiger partial charge in [-0.15, -0.1) is 0 Å². The molecule has 1 spiro atoms.